The van der Waals surface area contributed by atoms with Crippen molar-refractivity contribution in [3.63, 3.8) is 0 Å². The lowest BCUT2D eigenvalue weighted by Crippen LogP contribution is -2.24. The summed E-state index contributed by atoms with van der Waals surface area (Å²) in [6.45, 7) is 0. The van der Waals surface area contributed by atoms with Crippen LogP contribution in [0.1, 0.15) is 37.4 Å². The van der Waals surface area contributed by atoms with Crippen LogP contribution in [0.15, 0.2) is 73.1 Å². The van der Waals surface area contributed by atoms with E-state index in [1.807, 2.05) is 24.4 Å². The van der Waals surface area contributed by atoms with Crippen LogP contribution in [0.4, 0.5) is 5.82 Å². The Hall–Kier alpha value is -3.81. The lowest BCUT2D eigenvalue weighted by atomic mass is 9.87. The molecule has 7 nitrogen and oxygen atoms in total. The number of aromatic nitrogens is 4. The molecule has 4 N–H and O–H groups in total. The Kier molecular flexibility index (Phi) is 5.20. The highest BCUT2D eigenvalue weighted by atomic mass is 16.6. The zero-order valence-electron chi connectivity index (χ0n) is 18.8. The zero-order valence-corrected chi connectivity index (χ0v) is 18.8. The van der Waals surface area contributed by atoms with E-state index in [2.05, 4.69) is 51.8 Å². The van der Waals surface area contributed by atoms with Gasteiger partial charge in [-0.15, -0.1) is 0 Å². The first-order valence-corrected chi connectivity index (χ1v) is 11.7. The Balaban J connectivity index is 1.46. The van der Waals surface area contributed by atoms with Gasteiger partial charge in [0.25, 0.3) is 0 Å². The van der Waals surface area contributed by atoms with Crippen molar-refractivity contribution in [2.45, 2.75) is 37.7 Å². The van der Waals surface area contributed by atoms with Crippen molar-refractivity contribution in [1.29, 1.82) is 0 Å². The number of nitrogen functional groups attached to an aromatic ring is 1. The molecule has 34 heavy (non-hydrogen) atoms. The van der Waals surface area contributed by atoms with Gasteiger partial charge in [-0.05, 0) is 37.8 Å². The fraction of sp³-hybridized carbons (Fsp3) is 0.222. The maximum atomic E-state index is 6.37. The highest BCUT2D eigenvalue weighted by molar-refractivity contribution is 5.91. The van der Waals surface area contributed by atoms with Gasteiger partial charge in [-0.3, -0.25) is 4.40 Å². The number of nitrogens with zero attached hydrogens (tertiary/aromatic N) is 4. The lowest BCUT2D eigenvalue weighted by Gasteiger charge is -2.26. The molecule has 0 bridgehead atoms. The SMILES string of the molecule is NOC1CCC(c2nc(-c3ccc4ccc(-c5ccccc5)nc4c3)c3c(N)nccn23)CC1. The van der Waals surface area contributed by atoms with Crippen molar-refractivity contribution in [2.24, 2.45) is 5.90 Å². The first-order valence-electron chi connectivity index (χ1n) is 11.7. The van der Waals surface area contributed by atoms with E-state index in [0.29, 0.717) is 11.7 Å². The van der Waals surface area contributed by atoms with Crippen LogP contribution in [0.2, 0.25) is 0 Å². The third kappa shape index (κ3) is 3.59. The van der Waals surface area contributed by atoms with Crippen molar-refractivity contribution < 1.29 is 4.84 Å². The molecule has 1 saturated carbocycles. The van der Waals surface area contributed by atoms with Gasteiger partial charge >= 0.3 is 0 Å². The minimum atomic E-state index is 0.124. The van der Waals surface area contributed by atoms with E-state index in [1.165, 1.54) is 0 Å². The fourth-order valence-corrected chi connectivity index (χ4v) is 5.07. The van der Waals surface area contributed by atoms with E-state index in [1.54, 1.807) is 6.20 Å². The van der Waals surface area contributed by atoms with E-state index >= 15 is 0 Å². The summed E-state index contributed by atoms with van der Waals surface area (Å²) >= 11 is 0. The van der Waals surface area contributed by atoms with Gasteiger partial charge in [0.2, 0.25) is 0 Å². The number of fused-ring (bicyclic) bond motifs is 2. The minimum absolute atomic E-state index is 0.124. The first kappa shape index (κ1) is 20.8. The van der Waals surface area contributed by atoms with E-state index in [4.69, 9.17) is 26.4 Å². The molecule has 0 radical (unpaired) electrons. The Morgan fingerprint density at radius 1 is 0.882 bits per heavy atom. The van der Waals surface area contributed by atoms with Crippen LogP contribution >= 0.6 is 0 Å². The summed E-state index contributed by atoms with van der Waals surface area (Å²) < 4.78 is 2.10. The monoisotopic (exact) mass is 450 g/mol. The molecular formula is C27H26N6O. The van der Waals surface area contributed by atoms with E-state index in [-0.39, 0.29) is 6.10 Å². The summed E-state index contributed by atoms with van der Waals surface area (Å²) in [5.74, 6) is 7.22. The molecule has 3 aromatic heterocycles. The number of rotatable bonds is 4. The molecule has 1 fully saturated rings. The summed E-state index contributed by atoms with van der Waals surface area (Å²) in [5.41, 5.74) is 12.0. The summed E-state index contributed by atoms with van der Waals surface area (Å²) in [7, 11) is 0. The van der Waals surface area contributed by atoms with Gasteiger partial charge in [-0.2, -0.15) is 0 Å². The fourth-order valence-electron chi connectivity index (χ4n) is 5.07. The van der Waals surface area contributed by atoms with E-state index in [9.17, 15) is 0 Å². The molecule has 3 heterocycles. The Morgan fingerprint density at radius 2 is 1.68 bits per heavy atom. The predicted molar refractivity (Wildman–Crippen MR) is 134 cm³/mol. The number of hydrogen-bond donors (Lipinski definition) is 2. The molecule has 1 aliphatic carbocycles. The summed E-state index contributed by atoms with van der Waals surface area (Å²) in [6, 6.07) is 20.7. The molecule has 0 spiro atoms. The Bertz CT molecular complexity index is 1470. The minimum Gasteiger partial charge on any atom is -0.382 e. The van der Waals surface area contributed by atoms with Crippen LogP contribution in [0, 0.1) is 0 Å². The van der Waals surface area contributed by atoms with Crippen molar-refractivity contribution in [1.82, 2.24) is 19.4 Å². The van der Waals surface area contributed by atoms with Crippen LogP contribution < -0.4 is 11.6 Å². The highest BCUT2D eigenvalue weighted by Crippen LogP contribution is 2.37. The van der Waals surface area contributed by atoms with Gasteiger partial charge < -0.3 is 10.6 Å². The summed E-state index contributed by atoms with van der Waals surface area (Å²) in [6.07, 6.45) is 7.61. The highest BCUT2D eigenvalue weighted by Gasteiger charge is 2.27. The third-order valence-corrected chi connectivity index (χ3v) is 6.88. The van der Waals surface area contributed by atoms with Crippen molar-refractivity contribution >= 4 is 22.2 Å². The van der Waals surface area contributed by atoms with Crippen LogP contribution in [0.5, 0.6) is 0 Å². The van der Waals surface area contributed by atoms with Gasteiger partial charge in [-0.25, -0.2) is 20.8 Å². The Morgan fingerprint density at radius 3 is 2.47 bits per heavy atom. The average Bonchev–Trinajstić information content (AvgIpc) is 3.30. The number of anilines is 1. The molecule has 1 aliphatic rings. The van der Waals surface area contributed by atoms with Gasteiger partial charge in [0.15, 0.2) is 0 Å². The lowest BCUT2D eigenvalue weighted by molar-refractivity contribution is 0.0235. The Labute approximate surface area is 197 Å². The van der Waals surface area contributed by atoms with E-state index in [0.717, 1.165) is 70.4 Å². The van der Waals surface area contributed by atoms with Gasteiger partial charge in [0.1, 0.15) is 22.9 Å². The van der Waals surface area contributed by atoms with E-state index < -0.39 is 0 Å². The van der Waals surface area contributed by atoms with Crippen LogP contribution in [0.25, 0.3) is 38.9 Å². The molecule has 0 saturated heterocycles. The number of nitrogens with two attached hydrogens (primary N) is 2. The molecule has 0 amide bonds. The molecule has 2 aromatic carbocycles. The van der Waals surface area contributed by atoms with Crippen LogP contribution in [-0.4, -0.2) is 25.5 Å². The normalized spacial score (nSPS) is 18.5. The largest absolute Gasteiger partial charge is 0.382 e. The second-order valence-corrected chi connectivity index (χ2v) is 8.93. The quantitative estimate of drug-likeness (QED) is 0.369. The maximum absolute atomic E-state index is 6.37. The van der Waals surface area contributed by atoms with Crippen LogP contribution in [-0.2, 0) is 4.84 Å². The predicted octanol–water partition coefficient (Wildman–Crippen LogP) is 5.11. The molecule has 0 aliphatic heterocycles. The second-order valence-electron chi connectivity index (χ2n) is 8.93. The number of pyridine rings is 1. The molecule has 170 valence electrons. The molecule has 0 unspecified atom stereocenters. The molecule has 0 atom stereocenters. The standard InChI is InChI=1S/C27H26N6O/c28-26-25-24(32-27(33(25)15-14-30-26)19-8-11-21(34-29)12-9-19)20-7-6-18-10-13-22(31-23(18)16-20)17-4-2-1-3-5-17/h1-7,10,13-16,19,21H,8-9,11-12,29H2,(H2,28,30). The first-order chi connectivity index (χ1) is 16.7. The second kappa shape index (κ2) is 8.52. The topological polar surface area (TPSA) is 104 Å². The molecular weight excluding hydrogens is 424 g/mol. The number of hydrogen-bond acceptors (Lipinski definition) is 6. The average molecular weight is 451 g/mol. The van der Waals surface area contributed by atoms with Gasteiger partial charge in [0, 0.05) is 34.8 Å². The smallest absolute Gasteiger partial charge is 0.150 e. The molecule has 5 aromatic rings. The zero-order chi connectivity index (χ0) is 23.1. The van der Waals surface area contributed by atoms with Gasteiger partial charge in [-0.1, -0.05) is 48.5 Å². The number of imidazole rings is 1. The third-order valence-electron chi connectivity index (χ3n) is 6.88. The molecule has 7 heteroatoms. The van der Waals surface area contributed by atoms with Gasteiger partial charge in [0.05, 0.1) is 17.3 Å². The maximum Gasteiger partial charge on any atom is 0.150 e. The number of benzene rings is 2. The van der Waals surface area contributed by atoms with Crippen LogP contribution in [0.3, 0.4) is 0 Å². The summed E-state index contributed by atoms with van der Waals surface area (Å²) in [4.78, 5) is 19.5. The summed E-state index contributed by atoms with van der Waals surface area (Å²) in [5, 5.41) is 1.08. The van der Waals surface area contributed by atoms with Crippen molar-refractivity contribution in [3.05, 3.63) is 78.9 Å². The van der Waals surface area contributed by atoms with Crippen molar-refractivity contribution in [2.75, 3.05) is 5.73 Å². The van der Waals surface area contributed by atoms with Crippen molar-refractivity contribution in [3.8, 4) is 22.5 Å². The molecule has 6 rings (SSSR count).